The van der Waals surface area contributed by atoms with E-state index in [2.05, 4.69) is 0 Å². The summed E-state index contributed by atoms with van der Waals surface area (Å²) < 4.78 is 0. The molecule has 60 valence electrons. The average molecular weight is 169 g/mol. The van der Waals surface area contributed by atoms with Crippen molar-refractivity contribution in [3.05, 3.63) is 0 Å². The van der Waals surface area contributed by atoms with Crippen LogP contribution in [0.25, 0.3) is 0 Å². The molecule has 0 spiro atoms. The SMILES string of the molecule is CC[O-].CC[O-].CC[O-].[Al+3].[Li+]. The molecule has 5 heteroatoms. The van der Waals surface area contributed by atoms with Gasteiger partial charge in [-0.15, -0.1) is 19.8 Å². The first kappa shape index (κ1) is 29.6. The van der Waals surface area contributed by atoms with E-state index in [1.54, 1.807) is 20.8 Å². The Balaban J connectivity index is -0.0000000150. The molecule has 0 N–H and O–H groups in total. The molecule has 0 heterocycles. The van der Waals surface area contributed by atoms with E-state index in [0.29, 0.717) is 0 Å². The van der Waals surface area contributed by atoms with Crippen molar-refractivity contribution in [2.45, 2.75) is 20.8 Å². The van der Waals surface area contributed by atoms with Crippen LogP contribution < -0.4 is 34.2 Å². The summed E-state index contributed by atoms with van der Waals surface area (Å²) in [5, 5.41) is 26.8. The van der Waals surface area contributed by atoms with Crippen LogP contribution >= 0.6 is 0 Å². The molecule has 0 fully saturated rings. The van der Waals surface area contributed by atoms with Gasteiger partial charge in [-0.1, -0.05) is 20.8 Å². The van der Waals surface area contributed by atoms with Gasteiger partial charge in [0.2, 0.25) is 0 Å². The molecule has 0 aromatic heterocycles. The summed E-state index contributed by atoms with van der Waals surface area (Å²) in [6.07, 6.45) is 0. The first-order chi connectivity index (χ1) is 4.24. The van der Waals surface area contributed by atoms with Gasteiger partial charge in [-0.05, 0) is 0 Å². The number of hydrogen-bond acceptors (Lipinski definition) is 3. The third-order valence-corrected chi connectivity index (χ3v) is 0. The first-order valence-electron chi connectivity index (χ1n) is 2.99. The molecular formula is C6H15AlLiO3+. The summed E-state index contributed by atoms with van der Waals surface area (Å²) in [7, 11) is 0. The van der Waals surface area contributed by atoms with Gasteiger partial charge >= 0.3 is 36.2 Å². The summed E-state index contributed by atoms with van der Waals surface area (Å²) >= 11 is 0. The summed E-state index contributed by atoms with van der Waals surface area (Å²) in [6, 6.07) is 0. The molecular weight excluding hydrogens is 154 g/mol. The molecule has 0 aromatic carbocycles. The van der Waals surface area contributed by atoms with Crippen molar-refractivity contribution in [3.8, 4) is 0 Å². The molecule has 0 aliphatic rings. The smallest absolute Gasteiger partial charge is 0.855 e. The Bertz CT molecular complexity index is 22.5. The maximum absolute atomic E-state index is 8.93. The van der Waals surface area contributed by atoms with E-state index in [-0.39, 0.29) is 56.0 Å². The molecule has 0 saturated carbocycles. The Morgan fingerprint density at radius 1 is 0.727 bits per heavy atom. The molecule has 0 bridgehead atoms. The van der Waals surface area contributed by atoms with Crippen molar-refractivity contribution in [2.24, 2.45) is 0 Å². The average Bonchev–Trinajstić information content (AvgIpc) is 1.70. The fraction of sp³-hybridized carbons (Fsp3) is 1.00. The summed E-state index contributed by atoms with van der Waals surface area (Å²) in [6.45, 7) is 4.71. The predicted octanol–water partition coefficient (Wildman–Crippen LogP) is -5.28. The number of rotatable bonds is 0. The summed E-state index contributed by atoms with van der Waals surface area (Å²) in [4.78, 5) is 0. The molecule has 3 nitrogen and oxygen atoms in total. The van der Waals surface area contributed by atoms with Crippen LogP contribution in [-0.4, -0.2) is 37.2 Å². The van der Waals surface area contributed by atoms with Gasteiger partial charge in [0, 0.05) is 0 Å². The fourth-order valence-electron chi connectivity index (χ4n) is 0. The molecule has 0 aliphatic carbocycles. The summed E-state index contributed by atoms with van der Waals surface area (Å²) in [5.74, 6) is 0. The largest absolute Gasteiger partial charge is 3.00 e. The van der Waals surface area contributed by atoms with Crippen LogP contribution in [0.2, 0.25) is 0 Å². The van der Waals surface area contributed by atoms with Gasteiger partial charge < -0.3 is 15.3 Å². The van der Waals surface area contributed by atoms with Gasteiger partial charge in [-0.3, -0.25) is 0 Å². The third kappa shape index (κ3) is 876. The molecule has 0 radical (unpaired) electrons. The zero-order chi connectivity index (χ0) is 8.12. The predicted molar refractivity (Wildman–Crippen MR) is 37.4 cm³/mol. The zero-order valence-electron chi connectivity index (χ0n) is 7.92. The van der Waals surface area contributed by atoms with Crippen LogP contribution in [-0.2, 0) is 0 Å². The molecule has 0 aromatic rings. The Labute approximate surface area is 92.1 Å². The fourth-order valence-corrected chi connectivity index (χ4v) is 0. The zero-order valence-corrected chi connectivity index (χ0v) is 9.08. The second kappa shape index (κ2) is 68.6. The molecule has 0 rings (SSSR count). The van der Waals surface area contributed by atoms with Crippen molar-refractivity contribution in [1.29, 1.82) is 0 Å². The van der Waals surface area contributed by atoms with E-state index in [1.807, 2.05) is 0 Å². The topological polar surface area (TPSA) is 69.2 Å². The van der Waals surface area contributed by atoms with Crippen LogP contribution in [0.5, 0.6) is 0 Å². The minimum Gasteiger partial charge on any atom is -0.855 e. The van der Waals surface area contributed by atoms with Crippen LogP contribution in [0.15, 0.2) is 0 Å². The van der Waals surface area contributed by atoms with Gasteiger partial charge in [0.25, 0.3) is 0 Å². The van der Waals surface area contributed by atoms with E-state index in [1.165, 1.54) is 0 Å². The molecule has 0 aliphatic heterocycles. The van der Waals surface area contributed by atoms with E-state index in [9.17, 15) is 0 Å². The molecule has 0 unspecified atom stereocenters. The molecule has 11 heavy (non-hydrogen) atoms. The van der Waals surface area contributed by atoms with Crippen LogP contribution in [0.1, 0.15) is 20.8 Å². The van der Waals surface area contributed by atoms with Gasteiger partial charge in [-0.2, -0.15) is 0 Å². The minimum absolute atomic E-state index is 0. The van der Waals surface area contributed by atoms with Gasteiger partial charge in [0.15, 0.2) is 0 Å². The second-order valence-electron chi connectivity index (χ2n) is 0.866. The monoisotopic (exact) mass is 169 g/mol. The van der Waals surface area contributed by atoms with Crippen molar-refractivity contribution in [3.63, 3.8) is 0 Å². The Morgan fingerprint density at radius 3 is 0.727 bits per heavy atom. The van der Waals surface area contributed by atoms with Crippen molar-refractivity contribution < 1.29 is 34.2 Å². The van der Waals surface area contributed by atoms with E-state index in [0.717, 1.165) is 0 Å². The van der Waals surface area contributed by atoms with Crippen molar-refractivity contribution in [1.82, 2.24) is 0 Å². The van der Waals surface area contributed by atoms with E-state index < -0.39 is 0 Å². The normalized spacial score (nSPS) is 4.91. The molecule has 0 atom stereocenters. The van der Waals surface area contributed by atoms with Crippen molar-refractivity contribution in [2.75, 3.05) is 19.8 Å². The van der Waals surface area contributed by atoms with Gasteiger partial charge in [-0.25, -0.2) is 0 Å². The maximum atomic E-state index is 8.93. The van der Waals surface area contributed by atoms with E-state index in [4.69, 9.17) is 15.3 Å². The van der Waals surface area contributed by atoms with Crippen LogP contribution in [0.3, 0.4) is 0 Å². The standard InChI is InChI=1S/3C2H5O.Al.Li/c3*1-2-3;;/h3*2H2,1H3;;/q3*-1;+3;+1. The first-order valence-corrected chi connectivity index (χ1v) is 2.99. The maximum Gasteiger partial charge on any atom is 3.00 e. The van der Waals surface area contributed by atoms with Gasteiger partial charge in [0.1, 0.15) is 0 Å². The number of hydrogen-bond donors (Lipinski definition) is 0. The summed E-state index contributed by atoms with van der Waals surface area (Å²) in [5.41, 5.74) is 0. The van der Waals surface area contributed by atoms with Crippen LogP contribution in [0.4, 0.5) is 0 Å². The van der Waals surface area contributed by atoms with Crippen LogP contribution in [0, 0.1) is 0 Å². The Morgan fingerprint density at radius 2 is 0.727 bits per heavy atom. The van der Waals surface area contributed by atoms with Gasteiger partial charge in [0.05, 0.1) is 0 Å². The molecule has 0 amide bonds. The van der Waals surface area contributed by atoms with Crippen molar-refractivity contribution >= 4 is 17.4 Å². The minimum atomic E-state index is 0. The molecule has 0 saturated heterocycles. The van der Waals surface area contributed by atoms with E-state index >= 15 is 0 Å². The quantitative estimate of drug-likeness (QED) is 0.340. The Hall–Kier alpha value is 1.01. The Kier molecular flexibility index (Phi) is 185. The second-order valence-corrected chi connectivity index (χ2v) is 0.866. The third-order valence-electron chi connectivity index (χ3n) is 0.